The maximum Gasteiger partial charge on any atom is 0.258 e. The van der Waals surface area contributed by atoms with Gasteiger partial charge < -0.3 is 9.64 Å². The molecule has 33 heavy (non-hydrogen) atoms. The molecule has 1 unspecified atom stereocenters. The molecular formula is C23H22ClF2N5O2. The van der Waals surface area contributed by atoms with Gasteiger partial charge in [0.25, 0.3) is 5.91 Å². The molecule has 3 aliphatic rings. The zero-order valence-electron chi connectivity index (χ0n) is 17.9. The lowest BCUT2D eigenvalue weighted by atomic mass is 9.98. The van der Waals surface area contributed by atoms with E-state index in [2.05, 4.69) is 15.0 Å². The molecule has 172 valence electrons. The van der Waals surface area contributed by atoms with E-state index in [4.69, 9.17) is 16.3 Å². The van der Waals surface area contributed by atoms with E-state index in [9.17, 15) is 9.18 Å². The van der Waals surface area contributed by atoms with Crippen LogP contribution in [0.25, 0.3) is 5.65 Å². The van der Waals surface area contributed by atoms with Crippen LogP contribution >= 0.6 is 11.6 Å². The van der Waals surface area contributed by atoms with E-state index in [0.717, 1.165) is 24.1 Å². The van der Waals surface area contributed by atoms with E-state index in [1.807, 2.05) is 7.05 Å². The molecule has 2 fully saturated rings. The van der Waals surface area contributed by atoms with Crippen molar-refractivity contribution in [3.05, 3.63) is 58.3 Å². The van der Waals surface area contributed by atoms with Crippen molar-refractivity contribution in [1.82, 2.24) is 24.4 Å². The first-order chi connectivity index (χ1) is 15.9. The Kier molecular flexibility index (Phi) is 4.81. The Morgan fingerprint density at radius 2 is 2.12 bits per heavy atom. The van der Waals surface area contributed by atoms with Crippen LogP contribution in [0.1, 0.15) is 40.9 Å². The van der Waals surface area contributed by atoms with Crippen LogP contribution in [-0.2, 0) is 13.1 Å². The molecule has 10 heteroatoms. The molecule has 0 aliphatic carbocycles. The number of rotatable bonds is 3. The number of carbonyl (C=O) groups excluding carboxylic acids is 1. The van der Waals surface area contributed by atoms with Gasteiger partial charge in [-0.15, -0.1) is 0 Å². The molecule has 1 aromatic carbocycles. The normalized spacial score (nSPS) is 26.7. The Labute approximate surface area is 193 Å². The molecular weight excluding hydrogens is 452 g/mol. The number of amides is 1. The third-order valence-corrected chi connectivity index (χ3v) is 7.37. The largest absolute Gasteiger partial charge is 0.486 e. The first-order valence-corrected chi connectivity index (χ1v) is 11.4. The SMILES string of the molecule is CN1[C@H]2CC[C@@H]1C(F)[C@H](Oc1cc(F)ccc1C(=O)N1Cc3nn4cc(Cl)cnc4c3C1)C2. The highest BCUT2D eigenvalue weighted by Crippen LogP contribution is 2.39. The lowest BCUT2D eigenvalue weighted by Crippen LogP contribution is -2.52. The molecule has 1 amide bonds. The highest BCUT2D eigenvalue weighted by Gasteiger charge is 2.47. The summed E-state index contributed by atoms with van der Waals surface area (Å²) in [6.07, 6.45) is 3.52. The molecule has 0 saturated carbocycles. The van der Waals surface area contributed by atoms with Gasteiger partial charge in [0.1, 0.15) is 17.7 Å². The summed E-state index contributed by atoms with van der Waals surface area (Å²) < 4.78 is 36.8. The van der Waals surface area contributed by atoms with E-state index >= 15 is 4.39 Å². The van der Waals surface area contributed by atoms with Crippen LogP contribution in [0.15, 0.2) is 30.6 Å². The summed E-state index contributed by atoms with van der Waals surface area (Å²) in [5.74, 6) is -0.766. The van der Waals surface area contributed by atoms with Gasteiger partial charge in [-0.3, -0.25) is 9.69 Å². The fourth-order valence-corrected chi connectivity index (χ4v) is 5.58. The summed E-state index contributed by atoms with van der Waals surface area (Å²) in [7, 11) is 1.94. The first-order valence-electron chi connectivity index (χ1n) is 11.0. The minimum atomic E-state index is -1.19. The van der Waals surface area contributed by atoms with Gasteiger partial charge in [-0.25, -0.2) is 18.3 Å². The maximum atomic E-state index is 15.1. The lowest BCUT2D eigenvalue weighted by molar-refractivity contribution is -0.0116. The van der Waals surface area contributed by atoms with Gasteiger partial charge in [-0.05, 0) is 32.0 Å². The average Bonchev–Trinajstić information content (AvgIpc) is 3.41. The highest BCUT2D eigenvalue weighted by molar-refractivity contribution is 6.30. The topological polar surface area (TPSA) is 63.0 Å². The number of hydrogen-bond donors (Lipinski definition) is 0. The summed E-state index contributed by atoms with van der Waals surface area (Å²) >= 11 is 5.99. The number of hydrogen-bond acceptors (Lipinski definition) is 5. The Hall–Kier alpha value is -2.78. The minimum absolute atomic E-state index is 0.0836. The standard InChI is InChI=1S/C23H22ClF2N5O2/c1-29-14-3-5-18(29)21(26)20(7-14)33-19-6-13(25)2-4-15(19)23(32)30-10-16-17(11-30)28-31-9-12(24)8-27-22(16)31/h2,4,6,8-9,14,18,20-21H,3,5,7,10-11H2,1H3/t14-,18+,20+,21?/m0/s1. The van der Waals surface area contributed by atoms with Crippen molar-refractivity contribution in [2.24, 2.45) is 0 Å². The fraction of sp³-hybridized carbons (Fsp3) is 0.435. The minimum Gasteiger partial charge on any atom is -0.486 e. The number of piperidine rings is 1. The second-order valence-corrected chi connectivity index (χ2v) is 9.50. The molecule has 3 aromatic rings. The van der Waals surface area contributed by atoms with Gasteiger partial charge >= 0.3 is 0 Å². The van der Waals surface area contributed by atoms with Crippen molar-refractivity contribution in [2.45, 2.75) is 56.7 Å². The molecule has 2 saturated heterocycles. The zero-order chi connectivity index (χ0) is 22.9. The number of benzene rings is 1. The highest BCUT2D eigenvalue weighted by atomic mass is 35.5. The molecule has 4 atom stereocenters. The average molecular weight is 474 g/mol. The predicted octanol–water partition coefficient (Wildman–Crippen LogP) is 3.63. The van der Waals surface area contributed by atoms with Crippen LogP contribution in [-0.4, -0.2) is 61.7 Å². The third kappa shape index (κ3) is 3.36. The van der Waals surface area contributed by atoms with Crippen molar-refractivity contribution in [3.8, 4) is 5.75 Å². The van der Waals surface area contributed by atoms with E-state index < -0.39 is 18.1 Å². The number of fused-ring (bicyclic) bond motifs is 5. The molecule has 7 nitrogen and oxygen atoms in total. The number of alkyl halides is 1. The molecule has 0 spiro atoms. The van der Waals surface area contributed by atoms with E-state index in [0.29, 0.717) is 23.6 Å². The number of nitrogens with zero attached hydrogens (tertiary/aromatic N) is 5. The predicted molar refractivity (Wildman–Crippen MR) is 116 cm³/mol. The van der Waals surface area contributed by atoms with E-state index in [-0.39, 0.29) is 35.8 Å². The molecule has 0 N–H and O–H groups in total. The second-order valence-electron chi connectivity index (χ2n) is 9.07. The number of carbonyl (C=O) groups is 1. The Bertz CT molecular complexity index is 1270. The van der Waals surface area contributed by atoms with Crippen LogP contribution in [0.2, 0.25) is 5.02 Å². The van der Waals surface area contributed by atoms with Gasteiger partial charge in [-0.2, -0.15) is 5.10 Å². The zero-order valence-corrected chi connectivity index (χ0v) is 18.7. The van der Waals surface area contributed by atoms with Crippen molar-refractivity contribution in [1.29, 1.82) is 0 Å². The summed E-state index contributed by atoms with van der Waals surface area (Å²) in [5, 5.41) is 4.95. The molecule has 6 rings (SSSR count). The molecule has 3 aliphatic heterocycles. The smallest absolute Gasteiger partial charge is 0.258 e. The van der Waals surface area contributed by atoms with Gasteiger partial charge in [0.2, 0.25) is 0 Å². The summed E-state index contributed by atoms with van der Waals surface area (Å²) in [6, 6.07) is 3.85. The van der Waals surface area contributed by atoms with Crippen LogP contribution in [0.4, 0.5) is 8.78 Å². The second kappa shape index (κ2) is 7.63. The maximum absolute atomic E-state index is 15.1. The summed E-state index contributed by atoms with van der Waals surface area (Å²) in [5.41, 5.74) is 2.44. The van der Waals surface area contributed by atoms with E-state index in [1.54, 1.807) is 15.6 Å². The molecule has 0 radical (unpaired) electrons. The third-order valence-electron chi connectivity index (χ3n) is 7.17. The Morgan fingerprint density at radius 1 is 1.27 bits per heavy atom. The van der Waals surface area contributed by atoms with Gasteiger partial charge in [0.15, 0.2) is 11.8 Å². The quantitative estimate of drug-likeness (QED) is 0.581. The van der Waals surface area contributed by atoms with Crippen LogP contribution in [0.5, 0.6) is 5.75 Å². The molecule has 2 bridgehead atoms. The Morgan fingerprint density at radius 3 is 2.97 bits per heavy atom. The van der Waals surface area contributed by atoms with Crippen molar-refractivity contribution in [2.75, 3.05) is 7.05 Å². The molecule has 5 heterocycles. The van der Waals surface area contributed by atoms with Crippen molar-refractivity contribution in [3.63, 3.8) is 0 Å². The van der Waals surface area contributed by atoms with Gasteiger partial charge in [0, 0.05) is 36.3 Å². The number of halogens is 3. The Balaban J connectivity index is 1.26. The van der Waals surface area contributed by atoms with Crippen molar-refractivity contribution >= 4 is 23.2 Å². The summed E-state index contributed by atoms with van der Waals surface area (Å²) in [4.78, 5) is 21.4. The van der Waals surface area contributed by atoms with Gasteiger partial charge in [-0.1, -0.05) is 11.6 Å². The van der Waals surface area contributed by atoms with Crippen LogP contribution in [0, 0.1) is 5.82 Å². The van der Waals surface area contributed by atoms with Crippen molar-refractivity contribution < 1.29 is 18.3 Å². The lowest BCUT2D eigenvalue weighted by Gasteiger charge is -2.39. The van der Waals surface area contributed by atoms with Crippen LogP contribution < -0.4 is 4.74 Å². The molecule has 2 aromatic heterocycles. The van der Waals surface area contributed by atoms with E-state index in [1.165, 1.54) is 24.4 Å². The number of ether oxygens (including phenoxy) is 1. The first kappa shape index (κ1) is 20.8. The number of aromatic nitrogens is 3. The van der Waals surface area contributed by atoms with Gasteiger partial charge in [0.05, 0.1) is 35.6 Å². The van der Waals surface area contributed by atoms with Crippen LogP contribution in [0.3, 0.4) is 0 Å². The summed E-state index contributed by atoms with van der Waals surface area (Å²) in [6.45, 7) is 0.600. The monoisotopic (exact) mass is 473 g/mol. The fourth-order valence-electron chi connectivity index (χ4n) is 5.44.